The van der Waals surface area contributed by atoms with E-state index in [0.29, 0.717) is 25.6 Å². The standard InChI is InChI=1S/C24H32N2O4/c1-26(21-10-13-29-14-11-21)12-15-30-22-8-5-6-19(16-22)18-25-24(27)17-20-7-3-4-9-23(20)28-2/h3-9,16,21H,10-15,17-18H2,1-2H3,(H,25,27). The molecule has 0 unspecified atom stereocenters. The van der Waals surface area contributed by atoms with E-state index in [1.54, 1.807) is 7.11 Å². The maximum absolute atomic E-state index is 12.3. The topological polar surface area (TPSA) is 60.0 Å². The van der Waals surface area contributed by atoms with Crippen molar-refractivity contribution in [1.29, 1.82) is 0 Å². The first-order valence-electron chi connectivity index (χ1n) is 10.5. The van der Waals surface area contributed by atoms with Gasteiger partial charge < -0.3 is 19.5 Å². The predicted octanol–water partition coefficient (Wildman–Crippen LogP) is 3.04. The molecule has 0 spiro atoms. The minimum Gasteiger partial charge on any atom is -0.496 e. The second-order valence-electron chi connectivity index (χ2n) is 7.59. The van der Waals surface area contributed by atoms with E-state index in [-0.39, 0.29) is 5.91 Å². The van der Waals surface area contributed by atoms with E-state index in [1.807, 2.05) is 48.5 Å². The number of rotatable bonds is 10. The fourth-order valence-electron chi connectivity index (χ4n) is 3.65. The molecule has 1 fully saturated rings. The van der Waals surface area contributed by atoms with Crippen LogP contribution in [0.3, 0.4) is 0 Å². The van der Waals surface area contributed by atoms with Crippen LogP contribution in [0.15, 0.2) is 48.5 Å². The lowest BCUT2D eigenvalue weighted by Crippen LogP contribution is -2.38. The highest BCUT2D eigenvalue weighted by molar-refractivity contribution is 5.79. The number of hydrogen-bond acceptors (Lipinski definition) is 5. The molecule has 1 aliphatic heterocycles. The molecule has 1 heterocycles. The van der Waals surface area contributed by atoms with Crippen molar-refractivity contribution in [3.8, 4) is 11.5 Å². The highest BCUT2D eigenvalue weighted by Crippen LogP contribution is 2.18. The number of methoxy groups -OCH3 is 1. The Morgan fingerprint density at radius 2 is 1.97 bits per heavy atom. The third-order valence-corrected chi connectivity index (χ3v) is 5.46. The summed E-state index contributed by atoms with van der Waals surface area (Å²) in [5, 5.41) is 2.97. The summed E-state index contributed by atoms with van der Waals surface area (Å²) in [4.78, 5) is 14.7. The second kappa shape index (κ2) is 11.6. The Morgan fingerprint density at radius 3 is 2.77 bits per heavy atom. The van der Waals surface area contributed by atoms with Crippen LogP contribution < -0.4 is 14.8 Å². The molecule has 0 radical (unpaired) electrons. The van der Waals surface area contributed by atoms with Crippen LogP contribution in [-0.4, -0.2) is 57.4 Å². The lowest BCUT2D eigenvalue weighted by Gasteiger charge is -2.31. The summed E-state index contributed by atoms with van der Waals surface area (Å²) in [6.07, 6.45) is 2.46. The van der Waals surface area contributed by atoms with Gasteiger partial charge in [0.25, 0.3) is 0 Å². The van der Waals surface area contributed by atoms with Gasteiger partial charge in [0.05, 0.1) is 13.5 Å². The molecular formula is C24H32N2O4. The summed E-state index contributed by atoms with van der Waals surface area (Å²) in [7, 11) is 3.76. The van der Waals surface area contributed by atoms with Crippen molar-refractivity contribution in [1.82, 2.24) is 10.2 Å². The maximum Gasteiger partial charge on any atom is 0.224 e. The fraction of sp³-hybridized carbons (Fsp3) is 0.458. The van der Waals surface area contributed by atoms with Gasteiger partial charge in [-0.05, 0) is 43.7 Å². The molecule has 6 heteroatoms. The first kappa shape index (κ1) is 22.1. The van der Waals surface area contributed by atoms with Crippen LogP contribution in [0.1, 0.15) is 24.0 Å². The summed E-state index contributed by atoms with van der Waals surface area (Å²) in [5.74, 6) is 1.52. The van der Waals surface area contributed by atoms with Gasteiger partial charge in [0, 0.05) is 37.9 Å². The van der Waals surface area contributed by atoms with Crippen LogP contribution in [0.2, 0.25) is 0 Å². The number of carbonyl (C=O) groups is 1. The van der Waals surface area contributed by atoms with E-state index in [4.69, 9.17) is 14.2 Å². The Labute approximate surface area is 179 Å². The molecule has 2 aromatic carbocycles. The second-order valence-corrected chi connectivity index (χ2v) is 7.59. The van der Waals surface area contributed by atoms with Gasteiger partial charge >= 0.3 is 0 Å². The number of para-hydroxylation sites is 1. The van der Waals surface area contributed by atoms with Crippen molar-refractivity contribution in [2.75, 3.05) is 40.5 Å². The van der Waals surface area contributed by atoms with E-state index in [2.05, 4.69) is 17.3 Å². The Morgan fingerprint density at radius 1 is 1.17 bits per heavy atom. The summed E-state index contributed by atoms with van der Waals surface area (Å²) in [6, 6.07) is 16.0. The molecule has 0 aliphatic carbocycles. The molecule has 0 saturated carbocycles. The molecule has 30 heavy (non-hydrogen) atoms. The van der Waals surface area contributed by atoms with Gasteiger partial charge in [-0.1, -0.05) is 30.3 Å². The van der Waals surface area contributed by atoms with Gasteiger partial charge in [0.1, 0.15) is 18.1 Å². The van der Waals surface area contributed by atoms with Crippen LogP contribution in [0.4, 0.5) is 0 Å². The molecule has 0 bridgehead atoms. The first-order valence-corrected chi connectivity index (χ1v) is 10.5. The van der Waals surface area contributed by atoms with Crippen molar-refractivity contribution in [2.45, 2.75) is 31.8 Å². The van der Waals surface area contributed by atoms with Gasteiger partial charge in [-0.2, -0.15) is 0 Å². The molecule has 1 saturated heterocycles. The van der Waals surface area contributed by atoms with Gasteiger partial charge in [-0.25, -0.2) is 0 Å². The van der Waals surface area contributed by atoms with E-state index in [9.17, 15) is 4.79 Å². The highest BCUT2D eigenvalue weighted by Gasteiger charge is 2.18. The first-order chi connectivity index (χ1) is 14.7. The minimum absolute atomic E-state index is 0.0380. The number of ether oxygens (including phenoxy) is 3. The van der Waals surface area contributed by atoms with Crippen molar-refractivity contribution >= 4 is 5.91 Å². The van der Waals surface area contributed by atoms with E-state index in [0.717, 1.165) is 55.2 Å². The summed E-state index contributed by atoms with van der Waals surface area (Å²) >= 11 is 0. The zero-order valence-electron chi connectivity index (χ0n) is 17.9. The Kier molecular flexibility index (Phi) is 8.53. The largest absolute Gasteiger partial charge is 0.496 e. The number of nitrogens with zero attached hydrogens (tertiary/aromatic N) is 1. The van der Waals surface area contributed by atoms with Crippen molar-refractivity contribution in [3.63, 3.8) is 0 Å². The average Bonchev–Trinajstić information content (AvgIpc) is 2.79. The molecule has 0 atom stereocenters. The van der Waals surface area contributed by atoms with E-state index < -0.39 is 0 Å². The van der Waals surface area contributed by atoms with Gasteiger partial charge in [-0.15, -0.1) is 0 Å². The molecule has 1 N–H and O–H groups in total. The molecule has 6 nitrogen and oxygen atoms in total. The zero-order chi connectivity index (χ0) is 21.2. The summed E-state index contributed by atoms with van der Waals surface area (Å²) in [6.45, 7) is 3.68. The van der Waals surface area contributed by atoms with Crippen LogP contribution in [-0.2, 0) is 22.5 Å². The van der Waals surface area contributed by atoms with E-state index in [1.165, 1.54) is 0 Å². The molecule has 1 aliphatic rings. The third-order valence-electron chi connectivity index (χ3n) is 5.46. The van der Waals surface area contributed by atoms with Crippen LogP contribution in [0, 0.1) is 0 Å². The Balaban J connectivity index is 1.43. The number of nitrogens with one attached hydrogen (secondary N) is 1. The molecule has 2 aromatic rings. The Hall–Kier alpha value is -2.57. The number of carbonyl (C=O) groups excluding carboxylic acids is 1. The number of benzene rings is 2. The van der Waals surface area contributed by atoms with Gasteiger partial charge in [0.2, 0.25) is 5.91 Å². The normalized spacial score (nSPS) is 14.5. The molecule has 3 rings (SSSR count). The minimum atomic E-state index is -0.0380. The third kappa shape index (κ3) is 6.75. The molecule has 162 valence electrons. The lowest BCUT2D eigenvalue weighted by atomic mass is 10.1. The monoisotopic (exact) mass is 412 g/mol. The molecule has 0 aromatic heterocycles. The SMILES string of the molecule is COc1ccccc1CC(=O)NCc1cccc(OCCN(C)C2CCOCC2)c1. The summed E-state index contributed by atoms with van der Waals surface area (Å²) in [5.41, 5.74) is 1.89. The highest BCUT2D eigenvalue weighted by atomic mass is 16.5. The predicted molar refractivity (Wildman–Crippen MR) is 117 cm³/mol. The zero-order valence-corrected chi connectivity index (χ0v) is 17.9. The van der Waals surface area contributed by atoms with Crippen LogP contribution >= 0.6 is 0 Å². The average molecular weight is 413 g/mol. The number of amides is 1. The van der Waals surface area contributed by atoms with Crippen LogP contribution in [0.25, 0.3) is 0 Å². The molecule has 1 amide bonds. The maximum atomic E-state index is 12.3. The quantitative estimate of drug-likeness (QED) is 0.650. The fourth-order valence-corrected chi connectivity index (χ4v) is 3.65. The summed E-state index contributed by atoms with van der Waals surface area (Å²) < 4.78 is 16.7. The number of likely N-dealkylation sites (N-methyl/N-ethyl adjacent to an activating group) is 1. The lowest BCUT2D eigenvalue weighted by molar-refractivity contribution is -0.120. The van der Waals surface area contributed by atoms with Crippen molar-refractivity contribution in [2.24, 2.45) is 0 Å². The Bertz CT molecular complexity index is 805. The molecular weight excluding hydrogens is 380 g/mol. The van der Waals surface area contributed by atoms with Gasteiger partial charge in [0.15, 0.2) is 0 Å². The smallest absolute Gasteiger partial charge is 0.224 e. The van der Waals surface area contributed by atoms with Crippen molar-refractivity contribution in [3.05, 3.63) is 59.7 Å². The number of hydrogen-bond donors (Lipinski definition) is 1. The van der Waals surface area contributed by atoms with E-state index >= 15 is 0 Å². The van der Waals surface area contributed by atoms with Gasteiger partial charge in [-0.3, -0.25) is 9.69 Å². The van der Waals surface area contributed by atoms with Crippen molar-refractivity contribution < 1.29 is 19.0 Å². The van der Waals surface area contributed by atoms with Crippen LogP contribution in [0.5, 0.6) is 11.5 Å².